The molecule has 9 heteroatoms. The molecule has 8 nitrogen and oxygen atoms in total. The van der Waals surface area contributed by atoms with E-state index in [0.29, 0.717) is 5.75 Å². The van der Waals surface area contributed by atoms with E-state index >= 15 is 0 Å². The maximum Gasteiger partial charge on any atom is 0.408 e. The maximum atomic E-state index is 11.7. The van der Waals surface area contributed by atoms with Crippen LogP contribution in [0.4, 0.5) is 10.6 Å². The van der Waals surface area contributed by atoms with Crippen LogP contribution in [0.5, 0.6) is 0 Å². The SMILES string of the molecule is C#CCOC(=O)NC[C@@H]1O[C@H](n2ccc(N)nc2=O)CS1. The number of alkyl carbamates (subject to hydrolysis) is 1. The van der Waals surface area contributed by atoms with Gasteiger partial charge in [0.05, 0.1) is 6.54 Å². The van der Waals surface area contributed by atoms with Crippen LogP contribution in [0.15, 0.2) is 17.1 Å². The van der Waals surface area contributed by atoms with Crippen molar-refractivity contribution >= 4 is 23.7 Å². The summed E-state index contributed by atoms with van der Waals surface area (Å²) in [6.45, 7) is 0.168. The number of carbonyl (C=O) groups is 1. The number of anilines is 1. The summed E-state index contributed by atoms with van der Waals surface area (Å²) in [6, 6.07) is 1.53. The normalized spacial score (nSPS) is 20.7. The molecule has 0 radical (unpaired) electrons. The number of carbonyl (C=O) groups excluding carboxylic acids is 1. The molecule has 1 amide bonds. The Morgan fingerprint density at radius 2 is 2.57 bits per heavy atom. The minimum Gasteiger partial charge on any atom is -0.436 e. The molecule has 1 fully saturated rings. The molecule has 2 atom stereocenters. The monoisotopic (exact) mass is 310 g/mol. The number of amides is 1. The second-order valence-electron chi connectivity index (χ2n) is 4.06. The van der Waals surface area contributed by atoms with E-state index in [1.165, 1.54) is 28.6 Å². The molecule has 21 heavy (non-hydrogen) atoms. The van der Waals surface area contributed by atoms with Crippen molar-refractivity contribution in [1.29, 1.82) is 0 Å². The Labute approximate surface area is 125 Å². The van der Waals surface area contributed by atoms with Crippen molar-refractivity contribution in [2.45, 2.75) is 11.7 Å². The summed E-state index contributed by atoms with van der Waals surface area (Å²) in [5.41, 5.74) is 4.68. The highest BCUT2D eigenvalue weighted by molar-refractivity contribution is 8.00. The quantitative estimate of drug-likeness (QED) is 0.740. The Hall–Kier alpha value is -2.18. The summed E-state index contributed by atoms with van der Waals surface area (Å²) in [5.74, 6) is 2.92. The number of hydrogen-bond donors (Lipinski definition) is 2. The summed E-state index contributed by atoms with van der Waals surface area (Å²) in [4.78, 5) is 26.6. The van der Waals surface area contributed by atoms with E-state index in [2.05, 4.69) is 21.0 Å². The fraction of sp³-hybridized carbons (Fsp3) is 0.417. The van der Waals surface area contributed by atoms with Crippen LogP contribution in [-0.4, -0.2) is 40.0 Å². The van der Waals surface area contributed by atoms with Crippen LogP contribution in [-0.2, 0) is 9.47 Å². The van der Waals surface area contributed by atoms with Gasteiger partial charge in [-0.05, 0) is 6.07 Å². The molecule has 0 unspecified atom stereocenters. The van der Waals surface area contributed by atoms with E-state index in [0.717, 1.165) is 0 Å². The number of ether oxygens (including phenoxy) is 2. The number of nitrogens with zero attached hydrogens (tertiary/aromatic N) is 2. The minimum absolute atomic E-state index is 0.0837. The summed E-state index contributed by atoms with van der Waals surface area (Å²) in [5, 5.41) is 2.53. The highest BCUT2D eigenvalue weighted by Gasteiger charge is 2.28. The zero-order chi connectivity index (χ0) is 15.2. The Kier molecular flexibility index (Phi) is 5.08. The Morgan fingerprint density at radius 1 is 1.76 bits per heavy atom. The van der Waals surface area contributed by atoms with Crippen molar-refractivity contribution in [2.24, 2.45) is 0 Å². The molecule has 0 aliphatic carbocycles. The lowest BCUT2D eigenvalue weighted by Gasteiger charge is -2.14. The fourth-order valence-electron chi connectivity index (χ4n) is 1.67. The molecular formula is C12H14N4O4S. The van der Waals surface area contributed by atoms with E-state index in [-0.39, 0.29) is 24.4 Å². The van der Waals surface area contributed by atoms with Crippen LogP contribution in [0, 0.1) is 12.3 Å². The van der Waals surface area contributed by atoms with E-state index in [4.69, 9.17) is 16.9 Å². The number of hydrogen-bond acceptors (Lipinski definition) is 7. The van der Waals surface area contributed by atoms with Gasteiger partial charge >= 0.3 is 11.8 Å². The lowest BCUT2D eigenvalue weighted by Crippen LogP contribution is -2.33. The Morgan fingerprint density at radius 3 is 3.29 bits per heavy atom. The smallest absolute Gasteiger partial charge is 0.408 e. The largest absolute Gasteiger partial charge is 0.436 e. The topological polar surface area (TPSA) is 108 Å². The number of terminal acetylenes is 1. The fourth-order valence-corrected chi connectivity index (χ4v) is 2.69. The van der Waals surface area contributed by atoms with Gasteiger partial charge in [-0.1, -0.05) is 5.92 Å². The lowest BCUT2D eigenvalue weighted by atomic mass is 10.5. The number of aromatic nitrogens is 2. The first-order chi connectivity index (χ1) is 10.1. The molecule has 2 heterocycles. The van der Waals surface area contributed by atoms with Gasteiger partial charge in [-0.25, -0.2) is 9.59 Å². The third kappa shape index (κ3) is 4.14. The predicted octanol–water partition coefficient (Wildman–Crippen LogP) is -0.227. The van der Waals surface area contributed by atoms with Gasteiger partial charge in [0.1, 0.15) is 17.5 Å². The zero-order valence-electron chi connectivity index (χ0n) is 11.0. The lowest BCUT2D eigenvalue weighted by molar-refractivity contribution is 0.0163. The third-order valence-corrected chi connectivity index (χ3v) is 3.72. The number of nitrogens with one attached hydrogen (secondary N) is 1. The molecule has 0 aromatic carbocycles. The van der Waals surface area contributed by atoms with E-state index in [1.807, 2.05) is 0 Å². The second-order valence-corrected chi connectivity index (χ2v) is 5.25. The first-order valence-corrected chi connectivity index (χ1v) is 7.11. The van der Waals surface area contributed by atoms with Crippen LogP contribution in [0.1, 0.15) is 6.23 Å². The molecule has 3 N–H and O–H groups in total. The van der Waals surface area contributed by atoms with Crippen molar-refractivity contribution in [2.75, 3.05) is 24.6 Å². The van der Waals surface area contributed by atoms with Gasteiger partial charge in [-0.15, -0.1) is 18.2 Å². The molecule has 1 aliphatic heterocycles. The number of nitrogen functional groups attached to an aromatic ring is 1. The first kappa shape index (κ1) is 15.2. The number of rotatable bonds is 4. The molecule has 1 aliphatic rings. The third-order valence-electron chi connectivity index (χ3n) is 2.60. The second kappa shape index (κ2) is 7.01. The summed E-state index contributed by atoms with van der Waals surface area (Å²) < 4.78 is 11.7. The molecule has 0 spiro atoms. The van der Waals surface area contributed by atoms with Crippen LogP contribution in [0.3, 0.4) is 0 Å². The summed E-state index contributed by atoms with van der Waals surface area (Å²) in [6.07, 6.45) is 5.46. The minimum atomic E-state index is -0.605. The molecule has 2 rings (SSSR count). The molecule has 0 saturated carbocycles. The number of nitrogens with two attached hydrogens (primary N) is 1. The zero-order valence-corrected chi connectivity index (χ0v) is 11.8. The van der Waals surface area contributed by atoms with Crippen molar-refractivity contribution in [1.82, 2.24) is 14.9 Å². The maximum absolute atomic E-state index is 11.7. The molecular weight excluding hydrogens is 296 g/mol. The Balaban J connectivity index is 1.85. The number of thioether (sulfide) groups is 1. The molecule has 112 valence electrons. The van der Waals surface area contributed by atoms with Gasteiger partial charge in [-0.2, -0.15) is 4.98 Å². The average Bonchev–Trinajstić information content (AvgIpc) is 2.91. The van der Waals surface area contributed by atoms with Crippen LogP contribution in [0.25, 0.3) is 0 Å². The molecule has 1 aromatic rings. The highest BCUT2D eigenvalue weighted by atomic mass is 32.2. The standard InChI is InChI=1S/C12H14N4O4S/c1-2-5-19-12(18)14-6-10-20-9(7-21-10)16-4-3-8(13)15-11(16)17/h1,3-4,9-10H,5-7H2,(H,14,18)(H2,13,15,17)/t9-,10+/m0/s1. The van der Waals surface area contributed by atoms with E-state index in [9.17, 15) is 9.59 Å². The summed E-state index contributed by atoms with van der Waals surface area (Å²) >= 11 is 1.47. The predicted molar refractivity (Wildman–Crippen MR) is 77.5 cm³/mol. The first-order valence-electron chi connectivity index (χ1n) is 6.06. The van der Waals surface area contributed by atoms with Crippen LogP contribution >= 0.6 is 11.8 Å². The van der Waals surface area contributed by atoms with Gasteiger partial charge in [0.2, 0.25) is 0 Å². The van der Waals surface area contributed by atoms with Gasteiger partial charge < -0.3 is 20.5 Å². The van der Waals surface area contributed by atoms with Crippen molar-refractivity contribution in [3.63, 3.8) is 0 Å². The molecule has 1 aromatic heterocycles. The van der Waals surface area contributed by atoms with Gasteiger partial charge in [-0.3, -0.25) is 4.57 Å². The average molecular weight is 310 g/mol. The summed E-state index contributed by atoms with van der Waals surface area (Å²) in [7, 11) is 0. The van der Waals surface area contributed by atoms with Crippen LogP contribution < -0.4 is 16.7 Å². The van der Waals surface area contributed by atoms with Crippen LogP contribution in [0.2, 0.25) is 0 Å². The van der Waals surface area contributed by atoms with E-state index in [1.54, 1.807) is 0 Å². The van der Waals surface area contributed by atoms with Crippen molar-refractivity contribution < 1.29 is 14.3 Å². The van der Waals surface area contributed by atoms with E-state index < -0.39 is 18.0 Å². The molecule has 1 saturated heterocycles. The van der Waals surface area contributed by atoms with Gasteiger partial charge in [0, 0.05) is 11.9 Å². The highest BCUT2D eigenvalue weighted by Crippen LogP contribution is 2.30. The van der Waals surface area contributed by atoms with Crippen molar-refractivity contribution in [3.8, 4) is 12.3 Å². The van der Waals surface area contributed by atoms with Gasteiger partial charge in [0.15, 0.2) is 6.61 Å². The van der Waals surface area contributed by atoms with Crippen molar-refractivity contribution in [3.05, 3.63) is 22.7 Å². The Bertz CT molecular complexity index is 612. The van der Waals surface area contributed by atoms with Gasteiger partial charge in [0.25, 0.3) is 0 Å². The molecule has 0 bridgehead atoms.